The molecule has 1 aromatic carbocycles. The molecule has 7 heteroatoms. The van der Waals surface area contributed by atoms with Gasteiger partial charge >= 0.3 is 12.1 Å². The molecule has 174 valence electrons. The monoisotopic (exact) mass is 441 g/mol. The maximum Gasteiger partial charge on any atom is 0.411 e. The summed E-state index contributed by atoms with van der Waals surface area (Å²) in [5.74, 6) is -0.464. The van der Waals surface area contributed by atoms with Crippen LogP contribution in [0, 0.1) is 0 Å². The first-order valence-electron chi connectivity index (χ1n) is 10.8. The molecule has 0 bridgehead atoms. The number of esters is 1. The highest BCUT2D eigenvalue weighted by Gasteiger charge is 2.19. The first kappa shape index (κ1) is 25.4. The summed E-state index contributed by atoms with van der Waals surface area (Å²) in [4.78, 5) is 29.3. The molecule has 1 heterocycles. The summed E-state index contributed by atoms with van der Waals surface area (Å²) < 4.78 is 10.8. The van der Waals surface area contributed by atoms with Gasteiger partial charge in [-0.05, 0) is 45.5 Å². The molecular weight excluding hydrogens is 406 g/mol. The number of carbonyl (C=O) groups is 2. The molecule has 1 N–H and O–H groups in total. The predicted molar refractivity (Wildman–Crippen MR) is 126 cm³/mol. The zero-order chi connectivity index (χ0) is 23.6. The second-order valence-corrected chi connectivity index (χ2v) is 8.79. The summed E-state index contributed by atoms with van der Waals surface area (Å²) in [7, 11) is 2.09. The molecule has 1 aliphatic rings. The van der Waals surface area contributed by atoms with Crippen LogP contribution in [0.15, 0.2) is 66.4 Å². The van der Waals surface area contributed by atoms with Crippen LogP contribution in [0.3, 0.4) is 0 Å². The van der Waals surface area contributed by atoms with E-state index in [0.717, 1.165) is 31.7 Å². The van der Waals surface area contributed by atoms with Crippen LogP contribution in [0.1, 0.15) is 26.3 Å². The number of piperazine rings is 1. The highest BCUT2D eigenvalue weighted by molar-refractivity contribution is 5.92. The molecule has 0 aromatic heterocycles. The van der Waals surface area contributed by atoms with Gasteiger partial charge in [-0.3, -0.25) is 10.2 Å². The molecule has 0 saturated carbocycles. The molecule has 2 rings (SSSR count). The van der Waals surface area contributed by atoms with Crippen LogP contribution in [0.25, 0.3) is 0 Å². The number of rotatable bonds is 8. The molecule has 1 fully saturated rings. The van der Waals surface area contributed by atoms with Crippen molar-refractivity contribution in [3.63, 3.8) is 0 Å². The Morgan fingerprint density at radius 1 is 1.09 bits per heavy atom. The maximum atomic E-state index is 12.4. The molecule has 1 aliphatic heterocycles. The van der Waals surface area contributed by atoms with E-state index in [1.807, 2.05) is 51.1 Å². The molecule has 0 aliphatic carbocycles. The molecule has 0 radical (unpaired) electrons. The molecule has 7 nitrogen and oxygen atoms in total. The number of carbonyl (C=O) groups excluding carboxylic acids is 2. The Labute approximate surface area is 191 Å². The van der Waals surface area contributed by atoms with E-state index in [0.29, 0.717) is 17.8 Å². The lowest BCUT2D eigenvalue weighted by Gasteiger charge is -2.32. The van der Waals surface area contributed by atoms with E-state index in [9.17, 15) is 9.59 Å². The largest absolute Gasteiger partial charge is 0.456 e. The maximum absolute atomic E-state index is 12.4. The van der Waals surface area contributed by atoms with E-state index in [1.165, 1.54) is 6.08 Å². The Kier molecular flexibility index (Phi) is 9.68. The molecule has 1 amide bonds. The van der Waals surface area contributed by atoms with Crippen molar-refractivity contribution in [3.05, 3.63) is 72.0 Å². The zero-order valence-corrected chi connectivity index (χ0v) is 19.6. The second-order valence-electron chi connectivity index (χ2n) is 8.79. The lowest BCUT2D eigenvalue weighted by molar-refractivity contribution is -0.149. The van der Waals surface area contributed by atoms with E-state index in [1.54, 1.807) is 12.2 Å². The van der Waals surface area contributed by atoms with Crippen molar-refractivity contribution < 1.29 is 19.1 Å². The van der Waals surface area contributed by atoms with Crippen LogP contribution < -0.4 is 5.32 Å². The quantitative estimate of drug-likeness (QED) is 0.378. The minimum atomic E-state index is -0.606. The number of ether oxygens (including phenoxy) is 2. The van der Waals surface area contributed by atoms with E-state index in [2.05, 4.69) is 28.7 Å². The number of hydrogen-bond acceptors (Lipinski definition) is 6. The summed E-state index contributed by atoms with van der Waals surface area (Å²) in [5, 5.41) is 2.83. The molecule has 0 spiro atoms. The number of alkyl carbamates (subject to hydrolysis) is 1. The Morgan fingerprint density at radius 2 is 1.75 bits per heavy atom. The number of benzene rings is 1. The van der Waals surface area contributed by atoms with Gasteiger partial charge in [0, 0.05) is 38.4 Å². The third kappa shape index (κ3) is 9.49. The fourth-order valence-corrected chi connectivity index (χ4v) is 3.02. The van der Waals surface area contributed by atoms with Crippen LogP contribution in [-0.4, -0.2) is 67.2 Å². The second kappa shape index (κ2) is 12.2. The van der Waals surface area contributed by atoms with Crippen LogP contribution >= 0.6 is 0 Å². The van der Waals surface area contributed by atoms with Gasteiger partial charge in [-0.25, -0.2) is 9.59 Å². The van der Waals surface area contributed by atoms with Crippen molar-refractivity contribution >= 4 is 12.1 Å². The lowest BCUT2D eigenvalue weighted by atomic mass is 10.1. The molecule has 0 unspecified atom stereocenters. The molecule has 1 aromatic rings. The van der Waals surface area contributed by atoms with Gasteiger partial charge in [-0.15, -0.1) is 0 Å². The van der Waals surface area contributed by atoms with Gasteiger partial charge in [0.2, 0.25) is 0 Å². The van der Waals surface area contributed by atoms with Gasteiger partial charge in [0.05, 0.1) is 5.57 Å². The van der Waals surface area contributed by atoms with Crippen LogP contribution in [-0.2, 0) is 20.9 Å². The lowest BCUT2D eigenvalue weighted by Crippen LogP contribution is -2.46. The van der Waals surface area contributed by atoms with Crippen LogP contribution in [0.4, 0.5) is 4.79 Å². The van der Waals surface area contributed by atoms with Crippen molar-refractivity contribution in [1.82, 2.24) is 15.1 Å². The third-order valence-corrected chi connectivity index (χ3v) is 4.78. The van der Waals surface area contributed by atoms with Crippen LogP contribution in [0.5, 0.6) is 0 Å². The minimum absolute atomic E-state index is 0.181. The van der Waals surface area contributed by atoms with E-state index >= 15 is 0 Å². The molecule has 32 heavy (non-hydrogen) atoms. The zero-order valence-electron chi connectivity index (χ0n) is 19.6. The summed E-state index contributed by atoms with van der Waals surface area (Å²) >= 11 is 0. The van der Waals surface area contributed by atoms with Gasteiger partial charge in [0.15, 0.2) is 0 Å². The summed E-state index contributed by atoms with van der Waals surface area (Å²) in [6.07, 6.45) is 4.23. The van der Waals surface area contributed by atoms with Crippen molar-refractivity contribution in [1.29, 1.82) is 0 Å². The number of hydrogen-bond donors (Lipinski definition) is 1. The Morgan fingerprint density at radius 3 is 2.34 bits per heavy atom. The predicted octanol–water partition coefficient (Wildman–Crippen LogP) is 3.50. The topological polar surface area (TPSA) is 71.1 Å². The van der Waals surface area contributed by atoms with Gasteiger partial charge in [0.25, 0.3) is 0 Å². The third-order valence-electron chi connectivity index (χ3n) is 4.78. The van der Waals surface area contributed by atoms with Gasteiger partial charge in [0.1, 0.15) is 12.2 Å². The smallest absolute Gasteiger partial charge is 0.411 e. The fourth-order valence-electron chi connectivity index (χ4n) is 3.02. The number of nitrogens with one attached hydrogen (secondary N) is 1. The Bertz CT molecular complexity index is 832. The van der Waals surface area contributed by atoms with E-state index in [-0.39, 0.29) is 6.61 Å². The first-order valence-corrected chi connectivity index (χ1v) is 10.8. The average molecular weight is 442 g/mol. The average Bonchev–Trinajstić information content (AvgIpc) is 2.73. The first-order chi connectivity index (χ1) is 15.2. The van der Waals surface area contributed by atoms with Crippen molar-refractivity contribution in [2.24, 2.45) is 0 Å². The van der Waals surface area contributed by atoms with E-state index in [4.69, 9.17) is 9.47 Å². The fraction of sp³-hybridized carbons (Fsp3) is 0.440. The summed E-state index contributed by atoms with van der Waals surface area (Å²) in [6.45, 7) is 13.5. The summed E-state index contributed by atoms with van der Waals surface area (Å²) in [6, 6.07) is 9.50. The standard InChI is InChI=1S/C25H35N3O4/c1-6-21(23(29)32-25(2,3)4)12-13-22(18-28-16-14-27(5)15-17-28)26-24(30)31-19-20-10-8-7-9-11-20/h6-13H,1,14-19H2,2-5H3,(H,26,30)/b21-12+,22-13+. The molecule has 1 saturated heterocycles. The minimum Gasteiger partial charge on any atom is -0.456 e. The van der Waals surface area contributed by atoms with E-state index < -0.39 is 17.7 Å². The number of likely N-dealkylation sites (N-methyl/N-ethyl adjacent to an activating group) is 1. The Balaban J connectivity index is 2.10. The number of nitrogens with zero attached hydrogens (tertiary/aromatic N) is 2. The number of amides is 1. The van der Waals surface area contributed by atoms with Gasteiger partial charge < -0.3 is 14.4 Å². The number of allylic oxidation sites excluding steroid dienone is 2. The highest BCUT2D eigenvalue weighted by atomic mass is 16.6. The SMILES string of the molecule is C=C/C(=C\C=C(/CN1CCN(C)CC1)NC(=O)OCc1ccccc1)C(=O)OC(C)(C)C. The normalized spacial score (nSPS) is 16.4. The summed E-state index contributed by atoms with van der Waals surface area (Å²) in [5.41, 5.74) is 1.25. The molecule has 0 atom stereocenters. The van der Waals surface area contributed by atoms with Gasteiger partial charge in [-0.2, -0.15) is 0 Å². The van der Waals surface area contributed by atoms with Gasteiger partial charge in [-0.1, -0.05) is 43.0 Å². The molecular formula is C25H35N3O4. The van der Waals surface area contributed by atoms with Crippen LogP contribution in [0.2, 0.25) is 0 Å². The van der Waals surface area contributed by atoms with Crippen molar-refractivity contribution in [2.45, 2.75) is 33.0 Å². The van der Waals surface area contributed by atoms with Crippen molar-refractivity contribution in [3.8, 4) is 0 Å². The van der Waals surface area contributed by atoms with Crippen molar-refractivity contribution in [2.75, 3.05) is 39.8 Å². The highest BCUT2D eigenvalue weighted by Crippen LogP contribution is 2.12. The Hall–Kier alpha value is -2.90.